The number of imidazole rings is 1. The molecule has 15 heavy (non-hydrogen) atoms. The smallest absolute Gasteiger partial charge is 0.292 e. The van der Waals surface area contributed by atoms with Gasteiger partial charge in [-0.25, -0.2) is 4.98 Å². The van der Waals surface area contributed by atoms with E-state index in [4.69, 9.17) is 5.73 Å². The lowest BCUT2D eigenvalue weighted by Crippen LogP contribution is -1.93. The summed E-state index contributed by atoms with van der Waals surface area (Å²) in [4.78, 5) is 14.7. The van der Waals surface area contributed by atoms with Crippen molar-refractivity contribution in [2.24, 2.45) is 0 Å². The van der Waals surface area contributed by atoms with Crippen LogP contribution in [0.25, 0.3) is 21.9 Å². The van der Waals surface area contributed by atoms with Crippen LogP contribution >= 0.6 is 0 Å². The van der Waals surface area contributed by atoms with E-state index < -0.39 is 0 Å². The van der Waals surface area contributed by atoms with Crippen molar-refractivity contribution in [2.75, 3.05) is 5.73 Å². The number of pyridine rings is 2. The van der Waals surface area contributed by atoms with E-state index in [0.29, 0.717) is 16.9 Å². The number of hydrogen-bond donors (Lipinski definition) is 3. The van der Waals surface area contributed by atoms with E-state index in [0.717, 1.165) is 10.9 Å². The number of fused-ring (bicyclic) bond motifs is 3. The normalized spacial score (nSPS) is 11.2. The number of nitrogen functional groups attached to an aromatic ring is 1. The van der Waals surface area contributed by atoms with Gasteiger partial charge in [0.1, 0.15) is 5.52 Å². The van der Waals surface area contributed by atoms with E-state index in [2.05, 4.69) is 19.9 Å². The number of H-pyrrole nitrogens is 1. The van der Waals surface area contributed by atoms with Gasteiger partial charge in [-0.15, -0.1) is 0 Å². The number of nitrogens with one attached hydrogen (secondary N) is 1. The second-order valence-corrected chi connectivity index (χ2v) is 3.17. The number of aromatic nitrogens is 4. The van der Waals surface area contributed by atoms with Crippen molar-refractivity contribution in [3.05, 3.63) is 18.5 Å². The molecule has 0 unspecified atom stereocenters. The number of nitrogens with two attached hydrogens (primary N) is 1. The Bertz CT molecular complexity index is 660. The van der Waals surface area contributed by atoms with Gasteiger partial charge in [0.2, 0.25) is 0 Å². The molecule has 6 heteroatoms. The molecule has 0 aliphatic heterocycles. The van der Waals surface area contributed by atoms with Crippen LogP contribution in [0.4, 0.5) is 5.82 Å². The van der Waals surface area contributed by atoms with Crippen molar-refractivity contribution in [2.45, 2.75) is 0 Å². The predicted molar refractivity (Wildman–Crippen MR) is 55.3 cm³/mol. The van der Waals surface area contributed by atoms with E-state index in [9.17, 15) is 5.11 Å². The van der Waals surface area contributed by atoms with Crippen molar-refractivity contribution in [3.8, 4) is 6.01 Å². The van der Waals surface area contributed by atoms with Crippen LogP contribution in [0.1, 0.15) is 0 Å². The van der Waals surface area contributed by atoms with Gasteiger partial charge in [0.15, 0.2) is 5.82 Å². The van der Waals surface area contributed by atoms with Gasteiger partial charge >= 0.3 is 0 Å². The minimum Gasteiger partial charge on any atom is -0.480 e. The summed E-state index contributed by atoms with van der Waals surface area (Å²) in [5.41, 5.74) is 7.55. The van der Waals surface area contributed by atoms with Gasteiger partial charge in [-0.05, 0) is 6.07 Å². The molecule has 4 N–H and O–H groups in total. The van der Waals surface area contributed by atoms with E-state index in [-0.39, 0.29) is 6.01 Å². The molecule has 0 saturated carbocycles. The SMILES string of the molecule is Nc1nc2ccncc2c2[nH]c(O)nc12. The number of rotatable bonds is 0. The molecule has 74 valence electrons. The molecule has 0 bridgehead atoms. The Morgan fingerprint density at radius 2 is 2.20 bits per heavy atom. The third kappa shape index (κ3) is 1.01. The minimum absolute atomic E-state index is 0.171. The molecular formula is C9H7N5O. The lowest BCUT2D eigenvalue weighted by molar-refractivity contribution is 0.438. The molecule has 0 amide bonds. The standard InChI is InChI=1S/C9H7N5O/c10-8-7-6(13-9(15)14-7)4-3-11-2-1-5(4)12-8/h1-3H,(H2,10,12)(H2,13,14,15). The molecule has 0 fully saturated rings. The molecule has 0 radical (unpaired) electrons. The van der Waals surface area contributed by atoms with Crippen LogP contribution in [0.15, 0.2) is 18.5 Å². The Morgan fingerprint density at radius 1 is 1.33 bits per heavy atom. The summed E-state index contributed by atoms with van der Waals surface area (Å²) in [6, 6.07) is 1.58. The Hall–Kier alpha value is -2.37. The Morgan fingerprint density at radius 3 is 3.07 bits per heavy atom. The maximum absolute atomic E-state index is 9.27. The van der Waals surface area contributed by atoms with Crippen molar-refractivity contribution < 1.29 is 5.11 Å². The fourth-order valence-electron chi connectivity index (χ4n) is 1.60. The summed E-state index contributed by atoms with van der Waals surface area (Å²) in [5.74, 6) is 0.292. The summed E-state index contributed by atoms with van der Waals surface area (Å²) < 4.78 is 0. The van der Waals surface area contributed by atoms with Crippen LogP contribution in [0.2, 0.25) is 0 Å². The quantitative estimate of drug-likeness (QED) is 0.499. The van der Waals surface area contributed by atoms with Gasteiger partial charge < -0.3 is 15.8 Å². The molecule has 0 spiro atoms. The maximum atomic E-state index is 9.27. The van der Waals surface area contributed by atoms with Gasteiger partial charge in [0.05, 0.1) is 11.0 Å². The highest BCUT2D eigenvalue weighted by atomic mass is 16.3. The molecule has 3 aromatic rings. The van der Waals surface area contributed by atoms with Gasteiger partial charge in [0, 0.05) is 17.8 Å². The van der Waals surface area contributed by atoms with Crippen LogP contribution in [-0.2, 0) is 0 Å². The molecule has 0 aromatic carbocycles. The number of aromatic hydroxyl groups is 1. The molecule has 0 saturated heterocycles. The zero-order valence-corrected chi connectivity index (χ0v) is 7.60. The molecule has 0 atom stereocenters. The van der Waals surface area contributed by atoms with E-state index in [1.165, 1.54) is 0 Å². The second-order valence-electron chi connectivity index (χ2n) is 3.17. The van der Waals surface area contributed by atoms with Gasteiger partial charge in [-0.1, -0.05) is 0 Å². The first-order valence-corrected chi connectivity index (χ1v) is 4.33. The maximum Gasteiger partial charge on any atom is 0.292 e. The zero-order valence-electron chi connectivity index (χ0n) is 7.60. The van der Waals surface area contributed by atoms with Crippen LogP contribution < -0.4 is 5.73 Å². The summed E-state index contributed by atoms with van der Waals surface area (Å²) in [5, 5.41) is 10.1. The number of anilines is 1. The summed E-state index contributed by atoms with van der Waals surface area (Å²) in [7, 11) is 0. The highest BCUT2D eigenvalue weighted by molar-refractivity contribution is 6.05. The first-order valence-electron chi connectivity index (χ1n) is 4.33. The average molecular weight is 201 g/mol. The summed E-state index contributed by atoms with van der Waals surface area (Å²) in [6.45, 7) is 0. The molecule has 6 nitrogen and oxygen atoms in total. The summed E-state index contributed by atoms with van der Waals surface area (Å²) in [6.07, 6.45) is 3.29. The molecule has 3 rings (SSSR count). The van der Waals surface area contributed by atoms with E-state index in [1.54, 1.807) is 18.5 Å². The molecule has 0 aliphatic carbocycles. The topological polar surface area (TPSA) is 101 Å². The Labute approximate surface area is 83.8 Å². The monoisotopic (exact) mass is 201 g/mol. The van der Waals surface area contributed by atoms with Crippen molar-refractivity contribution in [1.29, 1.82) is 0 Å². The Kier molecular flexibility index (Phi) is 1.37. The number of nitrogens with zero attached hydrogens (tertiary/aromatic N) is 3. The van der Waals surface area contributed by atoms with E-state index in [1.807, 2.05) is 0 Å². The first-order chi connectivity index (χ1) is 7.25. The van der Waals surface area contributed by atoms with Crippen molar-refractivity contribution in [1.82, 2.24) is 19.9 Å². The third-order valence-corrected chi connectivity index (χ3v) is 2.24. The van der Waals surface area contributed by atoms with Gasteiger partial charge in [-0.3, -0.25) is 4.98 Å². The number of hydrogen-bond acceptors (Lipinski definition) is 5. The fourth-order valence-corrected chi connectivity index (χ4v) is 1.60. The predicted octanol–water partition coefficient (Wildman–Crippen LogP) is 0.794. The van der Waals surface area contributed by atoms with Gasteiger partial charge in [0.25, 0.3) is 6.01 Å². The second kappa shape index (κ2) is 2.57. The number of aromatic amines is 1. The van der Waals surface area contributed by atoms with E-state index >= 15 is 0 Å². The summed E-state index contributed by atoms with van der Waals surface area (Å²) >= 11 is 0. The highest BCUT2D eigenvalue weighted by Gasteiger charge is 2.10. The van der Waals surface area contributed by atoms with Crippen LogP contribution in [0.5, 0.6) is 6.01 Å². The molecule has 3 aromatic heterocycles. The Balaban J connectivity index is 2.63. The largest absolute Gasteiger partial charge is 0.480 e. The van der Waals surface area contributed by atoms with Crippen molar-refractivity contribution in [3.63, 3.8) is 0 Å². The van der Waals surface area contributed by atoms with Crippen LogP contribution in [0, 0.1) is 0 Å². The van der Waals surface area contributed by atoms with Gasteiger partial charge in [-0.2, -0.15) is 4.98 Å². The lowest BCUT2D eigenvalue weighted by atomic mass is 10.2. The molecule has 3 heterocycles. The fraction of sp³-hybridized carbons (Fsp3) is 0. The lowest BCUT2D eigenvalue weighted by Gasteiger charge is -1.99. The third-order valence-electron chi connectivity index (χ3n) is 2.24. The van der Waals surface area contributed by atoms with Crippen molar-refractivity contribution >= 4 is 27.8 Å². The average Bonchev–Trinajstić information content (AvgIpc) is 2.61. The zero-order chi connectivity index (χ0) is 10.4. The van der Waals surface area contributed by atoms with Crippen LogP contribution in [-0.4, -0.2) is 25.0 Å². The molecule has 0 aliphatic rings. The van der Waals surface area contributed by atoms with Crippen LogP contribution in [0.3, 0.4) is 0 Å². The molecular weight excluding hydrogens is 194 g/mol. The minimum atomic E-state index is -0.171. The highest BCUT2D eigenvalue weighted by Crippen LogP contribution is 2.26. The first kappa shape index (κ1) is 7.98.